The Morgan fingerprint density at radius 3 is 1.85 bits per heavy atom. The second kappa shape index (κ2) is 4.92. The monoisotopic (exact) mass is 229 g/mol. The fourth-order valence-electron chi connectivity index (χ4n) is 0.770. The molecule has 2 N–H and O–H groups in total. The molecule has 0 aromatic rings. The van der Waals surface area contributed by atoms with E-state index in [1.54, 1.807) is 6.92 Å². The Morgan fingerprint density at radius 2 is 1.46 bits per heavy atom. The van der Waals surface area contributed by atoms with E-state index in [4.69, 9.17) is 5.14 Å². The second-order valence-electron chi connectivity index (χ2n) is 2.81. The van der Waals surface area contributed by atoms with Gasteiger partial charge in [0.25, 0.3) is 0 Å². The van der Waals surface area contributed by atoms with Crippen LogP contribution in [0.25, 0.3) is 0 Å². The van der Waals surface area contributed by atoms with Crippen LogP contribution in [-0.4, -0.2) is 34.1 Å². The Morgan fingerprint density at radius 1 is 1.00 bits per heavy atom. The number of sulfone groups is 1. The van der Waals surface area contributed by atoms with Crippen LogP contribution in [0.5, 0.6) is 0 Å². The summed E-state index contributed by atoms with van der Waals surface area (Å²) in [5, 5.41) is 4.74. The van der Waals surface area contributed by atoms with Crippen LogP contribution < -0.4 is 5.14 Å². The van der Waals surface area contributed by atoms with Crippen molar-refractivity contribution in [2.24, 2.45) is 5.14 Å². The van der Waals surface area contributed by atoms with E-state index in [9.17, 15) is 16.8 Å². The molecule has 0 radical (unpaired) electrons. The summed E-state index contributed by atoms with van der Waals surface area (Å²) in [6, 6.07) is 0. The smallest absolute Gasteiger partial charge is 0.209 e. The number of hydrogen-bond acceptors (Lipinski definition) is 4. The van der Waals surface area contributed by atoms with Gasteiger partial charge in [0, 0.05) is 5.75 Å². The summed E-state index contributed by atoms with van der Waals surface area (Å²) in [6.45, 7) is 1.56. The predicted molar refractivity (Wildman–Crippen MR) is 51.5 cm³/mol. The number of hydrogen-bond donors (Lipinski definition) is 1. The molecular weight excluding hydrogens is 214 g/mol. The summed E-state index contributed by atoms with van der Waals surface area (Å²) in [7, 11) is -6.42. The van der Waals surface area contributed by atoms with Crippen molar-refractivity contribution in [3.63, 3.8) is 0 Å². The van der Waals surface area contributed by atoms with Gasteiger partial charge in [-0.3, -0.25) is 0 Å². The minimum Gasteiger partial charge on any atom is -0.229 e. The summed E-state index contributed by atoms with van der Waals surface area (Å²) >= 11 is 0. The summed E-state index contributed by atoms with van der Waals surface area (Å²) in [6.07, 6.45) is 0.657. The Balaban J connectivity index is 3.71. The number of rotatable bonds is 6. The number of primary sulfonamides is 1. The van der Waals surface area contributed by atoms with Gasteiger partial charge < -0.3 is 0 Å². The molecule has 0 unspecified atom stereocenters. The lowest BCUT2D eigenvalue weighted by Crippen LogP contribution is -2.17. The molecule has 13 heavy (non-hydrogen) atoms. The molecule has 0 aliphatic carbocycles. The zero-order valence-electron chi connectivity index (χ0n) is 7.56. The standard InChI is InChI=1S/C6H15NO4S2/c1-2-12(8,9)5-3-4-6-13(7,10)11/h2-6H2,1H3,(H2,7,10,11). The van der Waals surface area contributed by atoms with E-state index in [0.717, 1.165) is 0 Å². The third-order valence-electron chi connectivity index (χ3n) is 1.57. The largest absolute Gasteiger partial charge is 0.229 e. The Hall–Kier alpha value is -0.140. The van der Waals surface area contributed by atoms with Gasteiger partial charge in [-0.25, -0.2) is 22.0 Å². The van der Waals surface area contributed by atoms with E-state index >= 15 is 0 Å². The molecule has 0 fully saturated rings. The Labute approximate surface area is 79.3 Å². The first-order valence-electron chi connectivity index (χ1n) is 3.98. The van der Waals surface area contributed by atoms with Crippen molar-refractivity contribution in [1.29, 1.82) is 0 Å². The maximum atomic E-state index is 10.9. The number of unbranched alkanes of at least 4 members (excludes halogenated alkanes) is 1. The maximum Gasteiger partial charge on any atom is 0.209 e. The molecule has 0 aromatic heterocycles. The van der Waals surface area contributed by atoms with Gasteiger partial charge in [-0.15, -0.1) is 0 Å². The van der Waals surface area contributed by atoms with Crippen LogP contribution >= 0.6 is 0 Å². The molecule has 0 aromatic carbocycles. The van der Waals surface area contributed by atoms with Crippen LogP contribution in [0.15, 0.2) is 0 Å². The van der Waals surface area contributed by atoms with Gasteiger partial charge in [-0.05, 0) is 12.8 Å². The van der Waals surface area contributed by atoms with Crippen molar-refractivity contribution in [2.75, 3.05) is 17.3 Å². The van der Waals surface area contributed by atoms with E-state index in [1.807, 2.05) is 0 Å². The molecule has 0 aliphatic rings. The quantitative estimate of drug-likeness (QED) is 0.621. The van der Waals surface area contributed by atoms with Crippen molar-refractivity contribution < 1.29 is 16.8 Å². The van der Waals surface area contributed by atoms with E-state index < -0.39 is 19.9 Å². The van der Waals surface area contributed by atoms with E-state index in [0.29, 0.717) is 12.8 Å². The molecule has 0 rings (SSSR count). The molecule has 0 saturated carbocycles. The Bertz CT molecular complexity index is 330. The summed E-state index contributed by atoms with van der Waals surface area (Å²) < 4.78 is 42.8. The molecule has 0 heterocycles. The first-order chi connectivity index (χ1) is 5.77. The van der Waals surface area contributed by atoms with Crippen molar-refractivity contribution in [1.82, 2.24) is 0 Å². The van der Waals surface area contributed by atoms with Gasteiger partial charge in [0.05, 0.1) is 11.5 Å². The lowest BCUT2D eigenvalue weighted by molar-refractivity contribution is 0.586. The highest BCUT2D eigenvalue weighted by atomic mass is 32.2. The van der Waals surface area contributed by atoms with Gasteiger partial charge in [-0.2, -0.15) is 0 Å². The van der Waals surface area contributed by atoms with Gasteiger partial charge in [0.15, 0.2) is 0 Å². The zero-order valence-corrected chi connectivity index (χ0v) is 9.20. The Kier molecular flexibility index (Phi) is 4.87. The van der Waals surface area contributed by atoms with Crippen LogP contribution in [0.4, 0.5) is 0 Å². The van der Waals surface area contributed by atoms with E-state index in [-0.39, 0.29) is 17.3 Å². The van der Waals surface area contributed by atoms with Crippen molar-refractivity contribution in [3.05, 3.63) is 0 Å². The maximum absolute atomic E-state index is 10.9. The average Bonchev–Trinajstić information content (AvgIpc) is 1.97. The molecule has 0 atom stereocenters. The third kappa shape index (κ3) is 8.20. The van der Waals surface area contributed by atoms with Gasteiger partial charge >= 0.3 is 0 Å². The SMILES string of the molecule is CCS(=O)(=O)CCCCS(N)(=O)=O. The molecule has 7 heteroatoms. The van der Waals surface area contributed by atoms with Gasteiger partial charge in [0.2, 0.25) is 10.0 Å². The van der Waals surface area contributed by atoms with Crippen LogP contribution in [0.2, 0.25) is 0 Å². The topological polar surface area (TPSA) is 94.3 Å². The molecule has 5 nitrogen and oxygen atoms in total. The fraction of sp³-hybridized carbons (Fsp3) is 1.00. The molecular formula is C6H15NO4S2. The normalized spacial score (nSPS) is 13.1. The van der Waals surface area contributed by atoms with Crippen molar-refractivity contribution >= 4 is 19.9 Å². The van der Waals surface area contributed by atoms with Crippen molar-refractivity contribution in [2.45, 2.75) is 19.8 Å². The molecule has 0 bridgehead atoms. The summed E-state index contributed by atoms with van der Waals surface area (Å²) in [5.74, 6) is -0.00632. The minimum atomic E-state index is -3.44. The molecule has 0 amide bonds. The highest BCUT2D eigenvalue weighted by Crippen LogP contribution is 1.98. The molecule has 0 spiro atoms. The highest BCUT2D eigenvalue weighted by Gasteiger charge is 2.08. The zero-order chi connectivity index (χ0) is 10.5. The summed E-state index contributed by atoms with van der Waals surface area (Å²) in [4.78, 5) is 0. The van der Waals surface area contributed by atoms with Crippen LogP contribution in [-0.2, 0) is 19.9 Å². The van der Waals surface area contributed by atoms with E-state index in [1.165, 1.54) is 0 Å². The molecule has 0 aliphatic heterocycles. The highest BCUT2D eigenvalue weighted by molar-refractivity contribution is 7.91. The van der Waals surface area contributed by atoms with Crippen LogP contribution in [0, 0.1) is 0 Å². The lowest BCUT2D eigenvalue weighted by atomic mass is 10.4. The fourth-order valence-corrected chi connectivity index (χ4v) is 2.31. The van der Waals surface area contributed by atoms with Gasteiger partial charge in [-0.1, -0.05) is 6.92 Å². The predicted octanol–water partition coefficient (Wildman–Crippen LogP) is -0.510. The van der Waals surface area contributed by atoms with Crippen LogP contribution in [0.3, 0.4) is 0 Å². The summed E-state index contributed by atoms with van der Waals surface area (Å²) in [5.41, 5.74) is 0. The van der Waals surface area contributed by atoms with E-state index in [2.05, 4.69) is 0 Å². The number of sulfonamides is 1. The van der Waals surface area contributed by atoms with Crippen molar-refractivity contribution in [3.8, 4) is 0 Å². The first-order valence-corrected chi connectivity index (χ1v) is 7.51. The second-order valence-corrected chi connectivity index (χ2v) is 7.02. The first kappa shape index (κ1) is 12.9. The van der Waals surface area contributed by atoms with Gasteiger partial charge in [0.1, 0.15) is 9.84 Å². The number of nitrogens with two attached hydrogens (primary N) is 1. The van der Waals surface area contributed by atoms with Crippen LogP contribution in [0.1, 0.15) is 19.8 Å². The average molecular weight is 229 g/mol. The lowest BCUT2D eigenvalue weighted by Gasteiger charge is -2.00. The molecule has 0 saturated heterocycles. The minimum absolute atomic E-state index is 0.0407. The molecule has 80 valence electrons. The third-order valence-corrected chi connectivity index (χ3v) is 4.22.